The van der Waals surface area contributed by atoms with E-state index >= 15 is 0 Å². The molecule has 2 aromatic heterocycles. The Morgan fingerprint density at radius 2 is 2.14 bits per heavy atom. The largest absolute Gasteiger partial charge is 0.368 e. The molecule has 2 aromatic rings. The van der Waals surface area contributed by atoms with Crippen molar-refractivity contribution in [3.63, 3.8) is 0 Å². The van der Waals surface area contributed by atoms with Gasteiger partial charge in [0.05, 0.1) is 12.0 Å². The van der Waals surface area contributed by atoms with E-state index in [4.69, 9.17) is 15.6 Å². The summed E-state index contributed by atoms with van der Waals surface area (Å²) in [5.41, 5.74) is 4.18. The first kappa shape index (κ1) is 13.8. The number of anilines is 1. The van der Waals surface area contributed by atoms with Gasteiger partial charge in [0, 0.05) is 16.4 Å². The second kappa shape index (κ2) is 5.72. The van der Waals surface area contributed by atoms with Crippen molar-refractivity contribution in [1.82, 2.24) is 9.97 Å². The summed E-state index contributed by atoms with van der Waals surface area (Å²) in [6.07, 6.45) is 4.77. The maximum absolute atomic E-state index is 5.80. The van der Waals surface area contributed by atoms with Crippen LogP contribution in [0.1, 0.15) is 35.2 Å². The number of thiophene rings is 1. The lowest BCUT2D eigenvalue weighted by Crippen LogP contribution is -2.19. The van der Waals surface area contributed by atoms with E-state index in [1.54, 1.807) is 11.3 Å². The number of hydrogen-bond acceptors (Lipinski definition) is 7. The monoisotopic (exact) mass is 322 g/mol. The molecule has 1 aliphatic heterocycles. The second-order valence-electron chi connectivity index (χ2n) is 5.40. The van der Waals surface area contributed by atoms with Gasteiger partial charge in [-0.1, -0.05) is 0 Å². The topological polar surface area (TPSA) is 73.1 Å². The Hall–Kier alpha value is -0.890. The summed E-state index contributed by atoms with van der Waals surface area (Å²) in [5.74, 6) is 9.21. The van der Waals surface area contributed by atoms with E-state index in [0.717, 1.165) is 52.8 Å². The summed E-state index contributed by atoms with van der Waals surface area (Å²) in [6, 6.07) is 0. The van der Waals surface area contributed by atoms with E-state index in [0.29, 0.717) is 0 Å². The van der Waals surface area contributed by atoms with Crippen LogP contribution in [-0.2, 0) is 17.6 Å². The lowest BCUT2D eigenvalue weighted by atomic mass is 9.97. The molecule has 5 nitrogen and oxygen atoms in total. The molecule has 21 heavy (non-hydrogen) atoms. The van der Waals surface area contributed by atoms with E-state index < -0.39 is 0 Å². The molecule has 1 atom stereocenters. The lowest BCUT2D eigenvalue weighted by molar-refractivity contribution is 0.0698. The van der Waals surface area contributed by atoms with Crippen molar-refractivity contribution in [3.8, 4) is 0 Å². The molecule has 0 spiro atoms. The Bertz CT molecular complexity index is 667. The summed E-state index contributed by atoms with van der Waals surface area (Å²) in [7, 11) is 0. The zero-order valence-corrected chi connectivity index (χ0v) is 13.4. The number of rotatable bonds is 2. The highest BCUT2D eigenvalue weighted by Gasteiger charge is 2.25. The van der Waals surface area contributed by atoms with Gasteiger partial charge in [0.15, 0.2) is 11.6 Å². The van der Waals surface area contributed by atoms with Gasteiger partial charge in [0.25, 0.3) is 0 Å². The Morgan fingerprint density at radius 1 is 1.24 bits per heavy atom. The molecular weight excluding hydrogens is 304 g/mol. The van der Waals surface area contributed by atoms with Crippen molar-refractivity contribution in [2.75, 3.05) is 23.5 Å². The quantitative estimate of drug-likeness (QED) is 0.654. The number of fused-ring (bicyclic) bond motifs is 3. The lowest BCUT2D eigenvalue weighted by Gasteiger charge is -2.21. The summed E-state index contributed by atoms with van der Waals surface area (Å²) in [4.78, 5) is 11.9. The third-order valence-electron chi connectivity index (χ3n) is 4.07. The third-order valence-corrected chi connectivity index (χ3v) is 6.25. The molecule has 0 saturated carbocycles. The maximum Gasteiger partial charge on any atom is 0.162 e. The van der Waals surface area contributed by atoms with Gasteiger partial charge in [-0.05, 0) is 31.2 Å². The highest BCUT2D eigenvalue weighted by atomic mass is 32.2. The van der Waals surface area contributed by atoms with Gasteiger partial charge in [0.2, 0.25) is 0 Å². The molecule has 1 saturated heterocycles. The highest BCUT2D eigenvalue weighted by molar-refractivity contribution is 7.99. The molecule has 3 N–H and O–H groups in total. The van der Waals surface area contributed by atoms with Crippen molar-refractivity contribution in [2.45, 2.75) is 31.8 Å². The number of nitrogens with zero attached hydrogens (tertiary/aromatic N) is 2. The normalized spacial score (nSPS) is 22.2. The van der Waals surface area contributed by atoms with Crippen molar-refractivity contribution >= 4 is 39.1 Å². The molecule has 1 unspecified atom stereocenters. The first-order valence-corrected chi connectivity index (χ1v) is 9.32. The SMILES string of the molecule is NNc1nc(C2CSCCO2)nc2sc3c(c12)CCCC3. The molecule has 7 heteroatoms. The Morgan fingerprint density at radius 3 is 2.95 bits per heavy atom. The van der Waals surface area contributed by atoms with E-state index in [1.165, 1.54) is 23.3 Å². The van der Waals surface area contributed by atoms with Crippen LogP contribution in [0, 0.1) is 0 Å². The predicted octanol–water partition coefficient (Wildman–Crippen LogP) is 2.66. The number of hydrazine groups is 1. The summed E-state index contributed by atoms with van der Waals surface area (Å²) in [5, 5.41) is 1.13. The van der Waals surface area contributed by atoms with Crippen molar-refractivity contribution in [2.24, 2.45) is 5.84 Å². The second-order valence-corrected chi connectivity index (χ2v) is 7.63. The van der Waals surface area contributed by atoms with Gasteiger partial charge < -0.3 is 10.2 Å². The molecule has 1 aliphatic carbocycles. The number of ether oxygens (including phenoxy) is 1. The van der Waals surface area contributed by atoms with Crippen LogP contribution in [-0.4, -0.2) is 28.1 Å². The van der Waals surface area contributed by atoms with Crippen LogP contribution in [0.2, 0.25) is 0 Å². The molecule has 0 bridgehead atoms. The molecule has 0 aromatic carbocycles. The van der Waals surface area contributed by atoms with Gasteiger partial charge in [-0.15, -0.1) is 11.3 Å². The molecule has 2 aliphatic rings. The minimum absolute atomic E-state index is 0.0145. The van der Waals surface area contributed by atoms with Gasteiger partial charge in [-0.3, -0.25) is 0 Å². The number of thioether (sulfide) groups is 1. The summed E-state index contributed by atoms with van der Waals surface area (Å²) >= 11 is 3.69. The van der Waals surface area contributed by atoms with Gasteiger partial charge in [0.1, 0.15) is 10.9 Å². The van der Waals surface area contributed by atoms with Crippen LogP contribution < -0.4 is 11.3 Å². The van der Waals surface area contributed by atoms with E-state index in [1.807, 2.05) is 11.8 Å². The first-order chi connectivity index (χ1) is 10.4. The Balaban J connectivity index is 1.83. The van der Waals surface area contributed by atoms with Gasteiger partial charge in [-0.25, -0.2) is 15.8 Å². The zero-order chi connectivity index (χ0) is 14.2. The molecule has 112 valence electrons. The van der Waals surface area contributed by atoms with E-state index in [2.05, 4.69) is 10.4 Å². The predicted molar refractivity (Wildman–Crippen MR) is 87.9 cm³/mol. The van der Waals surface area contributed by atoms with Crippen molar-refractivity contribution in [1.29, 1.82) is 0 Å². The van der Waals surface area contributed by atoms with Gasteiger partial charge in [-0.2, -0.15) is 11.8 Å². The summed E-state index contributed by atoms with van der Waals surface area (Å²) < 4.78 is 5.80. The molecular formula is C14H18N4OS2. The fourth-order valence-electron chi connectivity index (χ4n) is 3.06. The summed E-state index contributed by atoms with van der Waals surface area (Å²) in [6.45, 7) is 0.767. The average Bonchev–Trinajstić information content (AvgIpc) is 2.93. The van der Waals surface area contributed by atoms with Crippen molar-refractivity contribution < 1.29 is 4.74 Å². The highest BCUT2D eigenvalue weighted by Crippen LogP contribution is 2.39. The average molecular weight is 322 g/mol. The molecule has 0 amide bonds. The number of aromatic nitrogens is 2. The zero-order valence-electron chi connectivity index (χ0n) is 11.7. The van der Waals surface area contributed by atoms with Gasteiger partial charge >= 0.3 is 0 Å². The third kappa shape index (κ3) is 2.42. The number of nitrogens with one attached hydrogen (secondary N) is 1. The fourth-order valence-corrected chi connectivity index (χ4v) is 5.17. The Kier molecular flexibility index (Phi) is 3.74. The number of nitrogens with two attached hydrogens (primary N) is 1. The maximum atomic E-state index is 5.80. The standard InChI is InChI=1S/C14H18N4OS2/c15-18-13-11-8-3-1-2-4-10(8)21-14(11)17-12(16-13)9-7-20-6-5-19-9/h9H,1-7,15H2,(H,16,17,18). The molecule has 3 heterocycles. The Labute approximate surface area is 131 Å². The number of nitrogen functional groups attached to an aromatic ring is 1. The van der Waals surface area contributed by atoms with Crippen LogP contribution >= 0.6 is 23.1 Å². The van der Waals surface area contributed by atoms with Crippen LogP contribution in [0.3, 0.4) is 0 Å². The fraction of sp³-hybridized carbons (Fsp3) is 0.571. The smallest absolute Gasteiger partial charge is 0.162 e. The number of aryl methyl sites for hydroxylation is 2. The van der Waals surface area contributed by atoms with Crippen LogP contribution in [0.4, 0.5) is 5.82 Å². The van der Waals surface area contributed by atoms with E-state index in [-0.39, 0.29) is 6.10 Å². The van der Waals surface area contributed by atoms with Crippen LogP contribution in [0.25, 0.3) is 10.2 Å². The molecule has 0 radical (unpaired) electrons. The minimum Gasteiger partial charge on any atom is -0.368 e. The first-order valence-electron chi connectivity index (χ1n) is 7.35. The van der Waals surface area contributed by atoms with Crippen molar-refractivity contribution in [3.05, 3.63) is 16.3 Å². The number of hydrogen-bond donors (Lipinski definition) is 2. The molecule has 1 fully saturated rings. The minimum atomic E-state index is -0.0145. The molecule has 4 rings (SSSR count). The van der Waals surface area contributed by atoms with E-state index in [9.17, 15) is 0 Å². The van der Waals surface area contributed by atoms with Crippen LogP contribution in [0.5, 0.6) is 0 Å². The van der Waals surface area contributed by atoms with Crippen LogP contribution in [0.15, 0.2) is 0 Å².